The lowest BCUT2D eigenvalue weighted by atomic mass is 10.2. The summed E-state index contributed by atoms with van der Waals surface area (Å²) >= 11 is 0. The molecular weight excluding hydrogens is 256 g/mol. The minimum absolute atomic E-state index is 0.00666. The molecule has 0 bridgehead atoms. The van der Waals surface area contributed by atoms with Crippen molar-refractivity contribution in [2.24, 2.45) is 0 Å². The molecule has 112 valence electrons. The zero-order valence-corrected chi connectivity index (χ0v) is 12.4. The fraction of sp³-hybridized carbons (Fsp3) is 0.600. The Balaban J connectivity index is 1.78. The quantitative estimate of drug-likeness (QED) is 0.654. The first-order chi connectivity index (χ1) is 9.44. The molecule has 0 saturated carbocycles. The number of nitrogen functional groups attached to an aromatic ring is 1. The largest absolute Gasteiger partial charge is 0.489 e. The van der Waals surface area contributed by atoms with Gasteiger partial charge in [0.2, 0.25) is 0 Å². The van der Waals surface area contributed by atoms with E-state index in [0.717, 1.165) is 17.1 Å². The average Bonchev–Trinajstić information content (AvgIpc) is 2.56. The van der Waals surface area contributed by atoms with Crippen LogP contribution in [0.25, 0.3) is 0 Å². The first-order valence-electron chi connectivity index (χ1n) is 6.96. The van der Waals surface area contributed by atoms with Crippen LogP contribution in [0.5, 0.6) is 5.75 Å². The molecule has 5 heteroatoms. The summed E-state index contributed by atoms with van der Waals surface area (Å²) in [7, 11) is 0. The Morgan fingerprint density at radius 2 is 2.15 bits per heavy atom. The predicted octanol–water partition coefficient (Wildman–Crippen LogP) is 2.27. The lowest BCUT2D eigenvalue weighted by molar-refractivity contribution is -0.0552. The highest BCUT2D eigenvalue weighted by molar-refractivity contribution is 5.63. The van der Waals surface area contributed by atoms with Crippen molar-refractivity contribution >= 4 is 11.4 Å². The van der Waals surface area contributed by atoms with Crippen LogP contribution in [-0.2, 0) is 9.47 Å². The van der Waals surface area contributed by atoms with Crippen LogP contribution in [-0.4, -0.2) is 38.1 Å². The Kier molecular flexibility index (Phi) is 4.73. The summed E-state index contributed by atoms with van der Waals surface area (Å²) in [4.78, 5) is 0. The van der Waals surface area contributed by atoms with Gasteiger partial charge in [-0.05, 0) is 39.0 Å². The predicted molar refractivity (Wildman–Crippen MR) is 80.3 cm³/mol. The SMILES string of the molecule is CC(C)(C)OCCO[C@H]1CNc2cc(N)ccc2OC1. The van der Waals surface area contributed by atoms with Crippen molar-refractivity contribution in [3.05, 3.63) is 18.2 Å². The summed E-state index contributed by atoms with van der Waals surface area (Å²) in [5.41, 5.74) is 7.27. The summed E-state index contributed by atoms with van der Waals surface area (Å²) in [6, 6.07) is 5.59. The molecule has 0 saturated heterocycles. The van der Waals surface area contributed by atoms with Gasteiger partial charge in [-0.25, -0.2) is 0 Å². The van der Waals surface area contributed by atoms with Crippen LogP contribution in [0.3, 0.4) is 0 Å². The van der Waals surface area contributed by atoms with Crippen LogP contribution in [0.2, 0.25) is 0 Å². The van der Waals surface area contributed by atoms with Crippen LogP contribution in [0.4, 0.5) is 11.4 Å². The molecule has 0 aliphatic carbocycles. The molecule has 1 aromatic carbocycles. The van der Waals surface area contributed by atoms with Gasteiger partial charge < -0.3 is 25.3 Å². The molecule has 0 amide bonds. The second-order valence-corrected chi connectivity index (χ2v) is 5.90. The molecule has 20 heavy (non-hydrogen) atoms. The van der Waals surface area contributed by atoms with Crippen molar-refractivity contribution in [3.63, 3.8) is 0 Å². The van der Waals surface area contributed by atoms with E-state index in [1.807, 2.05) is 39.0 Å². The molecule has 5 nitrogen and oxygen atoms in total. The van der Waals surface area contributed by atoms with Crippen molar-refractivity contribution in [2.45, 2.75) is 32.5 Å². The first kappa shape index (κ1) is 14.9. The monoisotopic (exact) mass is 280 g/mol. The molecule has 0 spiro atoms. The van der Waals surface area contributed by atoms with Crippen molar-refractivity contribution in [1.29, 1.82) is 0 Å². The Morgan fingerprint density at radius 3 is 2.90 bits per heavy atom. The number of rotatable bonds is 4. The maximum Gasteiger partial charge on any atom is 0.142 e. The van der Waals surface area contributed by atoms with Gasteiger partial charge in [-0.2, -0.15) is 0 Å². The molecule has 0 aromatic heterocycles. The average molecular weight is 280 g/mol. The number of nitrogens with two attached hydrogens (primary N) is 1. The smallest absolute Gasteiger partial charge is 0.142 e. The molecule has 1 aliphatic rings. The Hall–Kier alpha value is -1.46. The van der Waals surface area contributed by atoms with E-state index in [-0.39, 0.29) is 11.7 Å². The standard InChI is InChI=1S/C15H24N2O3/c1-15(2,3)20-7-6-18-12-9-17-13-8-11(16)4-5-14(13)19-10-12/h4-5,8,12,17H,6-7,9-10,16H2,1-3H3/t12-/m0/s1. The third-order valence-electron chi connectivity index (χ3n) is 2.92. The minimum atomic E-state index is -0.130. The van der Waals surface area contributed by atoms with Gasteiger partial charge in [-0.3, -0.25) is 0 Å². The molecule has 1 atom stereocenters. The van der Waals surface area contributed by atoms with Crippen LogP contribution >= 0.6 is 0 Å². The van der Waals surface area contributed by atoms with E-state index >= 15 is 0 Å². The van der Waals surface area contributed by atoms with Crippen molar-refractivity contribution in [1.82, 2.24) is 0 Å². The fourth-order valence-corrected chi connectivity index (χ4v) is 1.95. The maximum absolute atomic E-state index is 5.78. The first-order valence-corrected chi connectivity index (χ1v) is 6.96. The van der Waals surface area contributed by atoms with E-state index in [4.69, 9.17) is 19.9 Å². The van der Waals surface area contributed by atoms with E-state index in [1.54, 1.807) is 0 Å². The highest BCUT2D eigenvalue weighted by Crippen LogP contribution is 2.28. The molecule has 2 rings (SSSR count). The summed E-state index contributed by atoms with van der Waals surface area (Å²) in [5, 5.41) is 3.30. The van der Waals surface area contributed by atoms with Gasteiger partial charge >= 0.3 is 0 Å². The number of anilines is 2. The zero-order valence-electron chi connectivity index (χ0n) is 12.4. The number of hydrogen-bond acceptors (Lipinski definition) is 5. The summed E-state index contributed by atoms with van der Waals surface area (Å²) < 4.78 is 17.1. The summed E-state index contributed by atoms with van der Waals surface area (Å²) in [5.74, 6) is 0.816. The maximum atomic E-state index is 5.78. The van der Waals surface area contributed by atoms with Crippen molar-refractivity contribution in [2.75, 3.05) is 37.4 Å². The van der Waals surface area contributed by atoms with Crippen LogP contribution in [0, 0.1) is 0 Å². The molecular formula is C15H24N2O3. The number of fused-ring (bicyclic) bond motifs is 1. The summed E-state index contributed by atoms with van der Waals surface area (Å²) in [6.07, 6.45) is 0.00666. The number of hydrogen-bond donors (Lipinski definition) is 2. The van der Waals surface area contributed by atoms with Gasteiger partial charge in [-0.15, -0.1) is 0 Å². The van der Waals surface area contributed by atoms with Crippen molar-refractivity contribution < 1.29 is 14.2 Å². The Bertz CT molecular complexity index is 443. The summed E-state index contributed by atoms with van der Waals surface area (Å²) in [6.45, 7) is 8.47. The lowest BCUT2D eigenvalue weighted by Gasteiger charge is -2.21. The number of ether oxygens (including phenoxy) is 3. The molecule has 3 N–H and O–H groups in total. The third kappa shape index (κ3) is 4.58. The molecule has 0 radical (unpaired) electrons. The van der Waals surface area contributed by atoms with Crippen LogP contribution < -0.4 is 15.8 Å². The van der Waals surface area contributed by atoms with E-state index < -0.39 is 0 Å². The second-order valence-electron chi connectivity index (χ2n) is 5.90. The molecule has 0 unspecified atom stereocenters. The Morgan fingerprint density at radius 1 is 1.35 bits per heavy atom. The van der Waals surface area contributed by atoms with E-state index in [2.05, 4.69) is 5.32 Å². The van der Waals surface area contributed by atoms with E-state index in [1.165, 1.54) is 0 Å². The molecule has 1 heterocycles. The zero-order chi connectivity index (χ0) is 14.6. The molecule has 1 aromatic rings. The Labute approximate surface area is 120 Å². The number of nitrogens with one attached hydrogen (secondary N) is 1. The normalized spacial score (nSPS) is 18.6. The third-order valence-corrected chi connectivity index (χ3v) is 2.92. The van der Waals surface area contributed by atoms with Gasteiger partial charge in [0.05, 0.1) is 24.5 Å². The molecule has 0 fully saturated rings. The van der Waals surface area contributed by atoms with Gasteiger partial charge in [0.15, 0.2) is 0 Å². The fourth-order valence-electron chi connectivity index (χ4n) is 1.95. The number of benzene rings is 1. The van der Waals surface area contributed by atoms with Crippen LogP contribution in [0.15, 0.2) is 18.2 Å². The van der Waals surface area contributed by atoms with Gasteiger partial charge in [0.1, 0.15) is 18.5 Å². The topological polar surface area (TPSA) is 65.7 Å². The van der Waals surface area contributed by atoms with E-state index in [0.29, 0.717) is 26.4 Å². The highest BCUT2D eigenvalue weighted by atomic mass is 16.6. The highest BCUT2D eigenvalue weighted by Gasteiger charge is 2.17. The molecule has 1 aliphatic heterocycles. The van der Waals surface area contributed by atoms with Crippen LogP contribution in [0.1, 0.15) is 20.8 Å². The van der Waals surface area contributed by atoms with E-state index in [9.17, 15) is 0 Å². The van der Waals surface area contributed by atoms with Gasteiger partial charge in [0, 0.05) is 12.2 Å². The lowest BCUT2D eigenvalue weighted by Crippen LogP contribution is -2.30. The van der Waals surface area contributed by atoms with Crippen molar-refractivity contribution in [3.8, 4) is 5.75 Å². The van der Waals surface area contributed by atoms with Gasteiger partial charge in [-0.1, -0.05) is 0 Å². The minimum Gasteiger partial charge on any atom is -0.489 e. The second kappa shape index (κ2) is 6.33. The van der Waals surface area contributed by atoms with Gasteiger partial charge in [0.25, 0.3) is 0 Å².